The highest BCUT2D eigenvalue weighted by molar-refractivity contribution is 5.66. The van der Waals surface area contributed by atoms with Crippen LogP contribution < -0.4 is 4.74 Å². The third kappa shape index (κ3) is 9.98. The number of ether oxygens (including phenoxy) is 1. The molecule has 0 aliphatic carbocycles. The fourth-order valence-electron chi connectivity index (χ4n) is 3.28. The van der Waals surface area contributed by atoms with Crippen molar-refractivity contribution in [1.29, 1.82) is 0 Å². The molecule has 2 rings (SSSR count). The summed E-state index contributed by atoms with van der Waals surface area (Å²) in [4.78, 5) is 10.5. The molecule has 1 N–H and O–H groups in total. The largest absolute Gasteiger partial charge is 0.490 e. The lowest BCUT2D eigenvalue weighted by atomic mass is 10.1. The molecule has 3 nitrogen and oxygen atoms in total. The SMILES string of the molecule is CCCCCc1ccc(/C=C/COc2cccc(CCCCCC(=O)O)c2)cc1. The van der Waals surface area contributed by atoms with E-state index in [1.165, 1.54) is 36.0 Å². The lowest BCUT2D eigenvalue weighted by Gasteiger charge is -2.06. The van der Waals surface area contributed by atoms with E-state index in [4.69, 9.17) is 9.84 Å². The van der Waals surface area contributed by atoms with Crippen molar-refractivity contribution >= 4 is 12.0 Å². The van der Waals surface area contributed by atoms with Crippen LogP contribution in [0.25, 0.3) is 6.08 Å². The molecule has 0 atom stereocenters. The lowest BCUT2D eigenvalue weighted by Crippen LogP contribution is -1.96. The van der Waals surface area contributed by atoms with Gasteiger partial charge in [0.1, 0.15) is 12.4 Å². The second kappa shape index (κ2) is 13.6. The molecule has 3 heteroatoms. The number of carbonyl (C=O) groups is 1. The molecule has 0 unspecified atom stereocenters. The highest BCUT2D eigenvalue weighted by Gasteiger charge is 2.00. The minimum Gasteiger partial charge on any atom is -0.490 e. The van der Waals surface area contributed by atoms with Crippen LogP contribution in [-0.2, 0) is 17.6 Å². The van der Waals surface area contributed by atoms with Gasteiger partial charge in [0.15, 0.2) is 0 Å². The van der Waals surface area contributed by atoms with E-state index in [2.05, 4.69) is 49.4 Å². The van der Waals surface area contributed by atoms with Gasteiger partial charge in [0.2, 0.25) is 0 Å². The maximum absolute atomic E-state index is 10.5. The fraction of sp³-hybridized carbons (Fsp3) is 0.423. The predicted molar refractivity (Wildman–Crippen MR) is 120 cm³/mol. The van der Waals surface area contributed by atoms with E-state index in [0.29, 0.717) is 6.61 Å². The molecular weight excluding hydrogens is 360 g/mol. The summed E-state index contributed by atoms with van der Waals surface area (Å²) in [6.45, 7) is 2.78. The van der Waals surface area contributed by atoms with Crippen LogP contribution in [0.15, 0.2) is 54.6 Å². The van der Waals surface area contributed by atoms with Gasteiger partial charge in [-0.3, -0.25) is 4.79 Å². The summed E-state index contributed by atoms with van der Waals surface area (Å²) in [5.74, 6) is 0.167. The highest BCUT2D eigenvalue weighted by atomic mass is 16.5. The summed E-state index contributed by atoms with van der Waals surface area (Å²) in [6.07, 6.45) is 13.0. The first kappa shape index (κ1) is 22.7. The number of rotatable bonds is 14. The molecule has 0 heterocycles. The highest BCUT2D eigenvalue weighted by Crippen LogP contribution is 2.16. The maximum atomic E-state index is 10.5. The average Bonchev–Trinajstić information content (AvgIpc) is 2.72. The zero-order valence-corrected chi connectivity index (χ0v) is 17.6. The Bertz CT molecular complexity index is 747. The van der Waals surface area contributed by atoms with Gasteiger partial charge in [0.05, 0.1) is 0 Å². The fourth-order valence-corrected chi connectivity index (χ4v) is 3.28. The van der Waals surface area contributed by atoms with E-state index in [9.17, 15) is 4.79 Å². The van der Waals surface area contributed by atoms with Crippen LogP contribution in [0.3, 0.4) is 0 Å². The molecule has 0 saturated heterocycles. The first-order valence-electron chi connectivity index (χ1n) is 10.9. The van der Waals surface area contributed by atoms with Crippen LogP contribution in [0.4, 0.5) is 0 Å². The van der Waals surface area contributed by atoms with Gasteiger partial charge < -0.3 is 9.84 Å². The molecule has 0 saturated carbocycles. The number of benzene rings is 2. The normalized spacial score (nSPS) is 11.1. The van der Waals surface area contributed by atoms with Crippen LogP contribution >= 0.6 is 0 Å². The molecule has 0 spiro atoms. The summed E-state index contributed by atoms with van der Waals surface area (Å²) in [6, 6.07) is 17.0. The van der Waals surface area contributed by atoms with E-state index in [1.807, 2.05) is 18.2 Å². The second-order valence-corrected chi connectivity index (χ2v) is 7.51. The van der Waals surface area contributed by atoms with Crippen LogP contribution in [-0.4, -0.2) is 17.7 Å². The zero-order chi connectivity index (χ0) is 20.7. The van der Waals surface area contributed by atoms with Crippen molar-refractivity contribution in [2.45, 2.75) is 64.7 Å². The van der Waals surface area contributed by atoms with Gasteiger partial charge in [0.25, 0.3) is 0 Å². The Morgan fingerprint density at radius 1 is 0.931 bits per heavy atom. The average molecular weight is 395 g/mol. The van der Waals surface area contributed by atoms with Gasteiger partial charge in [0, 0.05) is 6.42 Å². The zero-order valence-electron chi connectivity index (χ0n) is 17.6. The van der Waals surface area contributed by atoms with Crippen LogP contribution in [0, 0.1) is 0 Å². The number of unbranched alkanes of at least 4 members (excludes halogenated alkanes) is 4. The first-order valence-corrected chi connectivity index (χ1v) is 10.9. The Hall–Kier alpha value is -2.55. The monoisotopic (exact) mass is 394 g/mol. The van der Waals surface area contributed by atoms with E-state index < -0.39 is 5.97 Å². The number of aryl methyl sites for hydroxylation is 2. The van der Waals surface area contributed by atoms with Crippen LogP contribution in [0.2, 0.25) is 0 Å². The number of hydrogen-bond acceptors (Lipinski definition) is 2. The number of carboxylic acids is 1. The Labute approximate surface area is 175 Å². The lowest BCUT2D eigenvalue weighted by molar-refractivity contribution is -0.137. The van der Waals surface area contributed by atoms with Crippen molar-refractivity contribution < 1.29 is 14.6 Å². The number of hydrogen-bond donors (Lipinski definition) is 1. The number of carboxylic acid groups (broad SMARTS) is 1. The Balaban J connectivity index is 1.70. The Morgan fingerprint density at radius 3 is 2.45 bits per heavy atom. The molecule has 0 fully saturated rings. The van der Waals surface area contributed by atoms with Gasteiger partial charge in [-0.2, -0.15) is 0 Å². The van der Waals surface area contributed by atoms with Gasteiger partial charge in [-0.15, -0.1) is 0 Å². The van der Waals surface area contributed by atoms with E-state index >= 15 is 0 Å². The second-order valence-electron chi connectivity index (χ2n) is 7.51. The Morgan fingerprint density at radius 2 is 1.69 bits per heavy atom. The van der Waals surface area contributed by atoms with Gasteiger partial charge in [-0.1, -0.05) is 68.7 Å². The first-order chi connectivity index (χ1) is 14.2. The molecule has 2 aromatic rings. The van der Waals surface area contributed by atoms with Crippen molar-refractivity contribution in [3.8, 4) is 5.75 Å². The van der Waals surface area contributed by atoms with Crippen molar-refractivity contribution in [1.82, 2.24) is 0 Å². The van der Waals surface area contributed by atoms with Gasteiger partial charge in [-0.25, -0.2) is 0 Å². The molecule has 29 heavy (non-hydrogen) atoms. The van der Waals surface area contributed by atoms with E-state index in [0.717, 1.165) is 37.9 Å². The summed E-state index contributed by atoms with van der Waals surface area (Å²) in [5, 5.41) is 8.67. The Kier molecular flexibility index (Phi) is 10.7. The molecule has 0 aliphatic heterocycles. The number of aliphatic carboxylic acids is 1. The van der Waals surface area contributed by atoms with Gasteiger partial charge >= 0.3 is 5.97 Å². The summed E-state index contributed by atoms with van der Waals surface area (Å²) in [5.41, 5.74) is 3.84. The summed E-state index contributed by atoms with van der Waals surface area (Å²) >= 11 is 0. The quantitative estimate of drug-likeness (QED) is 0.363. The molecule has 2 aromatic carbocycles. The molecular formula is C26H34O3. The third-order valence-electron chi connectivity index (χ3n) is 4.96. The molecule has 0 amide bonds. The molecule has 0 bridgehead atoms. The van der Waals surface area contributed by atoms with Crippen LogP contribution in [0.5, 0.6) is 5.75 Å². The van der Waals surface area contributed by atoms with Crippen molar-refractivity contribution in [2.24, 2.45) is 0 Å². The topological polar surface area (TPSA) is 46.5 Å². The van der Waals surface area contributed by atoms with Crippen molar-refractivity contribution in [3.63, 3.8) is 0 Å². The standard InChI is InChI=1S/C26H34O3/c1-2-3-5-10-22-16-18-23(19-17-22)13-9-20-29-25-14-8-12-24(21-25)11-6-4-7-15-26(27)28/h8-9,12-14,16-19,21H,2-7,10-11,15,20H2,1H3,(H,27,28)/b13-9+. The maximum Gasteiger partial charge on any atom is 0.303 e. The predicted octanol–water partition coefficient (Wildman–Crippen LogP) is 6.70. The van der Waals surface area contributed by atoms with E-state index in [1.54, 1.807) is 0 Å². The van der Waals surface area contributed by atoms with Crippen LogP contribution in [0.1, 0.15) is 68.6 Å². The minimum absolute atomic E-state index is 0.261. The molecule has 0 aromatic heterocycles. The molecule has 156 valence electrons. The molecule has 0 aliphatic rings. The van der Waals surface area contributed by atoms with E-state index in [-0.39, 0.29) is 6.42 Å². The minimum atomic E-state index is -0.712. The smallest absolute Gasteiger partial charge is 0.303 e. The summed E-state index contributed by atoms with van der Waals surface area (Å²) < 4.78 is 5.85. The molecule has 0 radical (unpaired) electrons. The van der Waals surface area contributed by atoms with Crippen molar-refractivity contribution in [3.05, 3.63) is 71.3 Å². The van der Waals surface area contributed by atoms with Gasteiger partial charge in [-0.05, 0) is 67.0 Å². The van der Waals surface area contributed by atoms with Crippen molar-refractivity contribution in [2.75, 3.05) is 6.61 Å². The summed E-state index contributed by atoms with van der Waals surface area (Å²) in [7, 11) is 0. The third-order valence-corrected chi connectivity index (χ3v) is 4.96.